The molecule has 8 heteroatoms. The molecule has 0 unspecified atom stereocenters. The fraction of sp³-hybridized carbons (Fsp3) is 0.188. The maximum absolute atomic E-state index is 12.6. The maximum atomic E-state index is 12.6. The van der Waals surface area contributed by atoms with Gasteiger partial charge in [0.25, 0.3) is 5.91 Å². The summed E-state index contributed by atoms with van der Waals surface area (Å²) in [7, 11) is 1.47. The molecule has 1 aliphatic heterocycles. The summed E-state index contributed by atoms with van der Waals surface area (Å²) < 4.78 is 10.6. The maximum Gasteiger partial charge on any atom is 0.266 e. The summed E-state index contributed by atoms with van der Waals surface area (Å²) in [6.45, 7) is 2.04. The van der Waals surface area contributed by atoms with Crippen LogP contribution in [0.25, 0.3) is 6.08 Å². The predicted molar refractivity (Wildman–Crippen MR) is 94.6 cm³/mol. The molecular formula is C16H14N2O4S2. The van der Waals surface area contributed by atoms with Crippen molar-refractivity contribution in [2.45, 2.75) is 13.5 Å². The van der Waals surface area contributed by atoms with E-state index in [4.69, 9.17) is 21.5 Å². The minimum Gasteiger partial charge on any atom is -0.504 e. The summed E-state index contributed by atoms with van der Waals surface area (Å²) in [5, 5.41) is 13.9. The van der Waals surface area contributed by atoms with Gasteiger partial charge in [-0.2, -0.15) is 0 Å². The van der Waals surface area contributed by atoms with Crippen LogP contribution in [0.5, 0.6) is 11.5 Å². The number of benzene rings is 1. The molecule has 1 amide bonds. The Morgan fingerprint density at radius 2 is 2.29 bits per heavy atom. The average molecular weight is 362 g/mol. The number of aryl methyl sites for hydroxylation is 1. The van der Waals surface area contributed by atoms with Gasteiger partial charge in [-0.1, -0.05) is 41.3 Å². The lowest BCUT2D eigenvalue weighted by molar-refractivity contribution is -0.122. The predicted octanol–water partition coefficient (Wildman–Crippen LogP) is 3.10. The molecule has 1 aromatic heterocycles. The molecule has 0 aliphatic carbocycles. The van der Waals surface area contributed by atoms with Crippen LogP contribution in [-0.4, -0.2) is 32.5 Å². The topological polar surface area (TPSA) is 75.8 Å². The second-order valence-corrected chi connectivity index (χ2v) is 6.78. The molecule has 2 heterocycles. The highest BCUT2D eigenvalue weighted by Crippen LogP contribution is 2.37. The zero-order valence-electron chi connectivity index (χ0n) is 13.0. The molecule has 1 saturated heterocycles. The van der Waals surface area contributed by atoms with Crippen LogP contribution in [0.15, 0.2) is 33.7 Å². The van der Waals surface area contributed by atoms with Crippen LogP contribution in [0.1, 0.15) is 17.0 Å². The molecule has 0 atom stereocenters. The lowest BCUT2D eigenvalue weighted by atomic mass is 10.1. The number of phenols is 1. The molecule has 1 N–H and O–H groups in total. The number of thioether (sulfide) groups is 1. The third-order valence-corrected chi connectivity index (χ3v) is 4.78. The van der Waals surface area contributed by atoms with Gasteiger partial charge in [0.2, 0.25) is 0 Å². The van der Waals surface area contributed by atoms with Crippen LogP contribution in [0.4, 0.5) is 0 Å². The zero-order valence-corrected chi connectivity index (χ0v) is 14.6. The van der Waals surface area contributed by atoms with Crippen molar-refractivity contribution in [1.29, 1.82) is 0 Å². The van der Waals surface area contributed by atoms with Crippen molar-refractivity contribution in [1.82, 2.24) is 10.1 Å². The third kappa shape index (κ3) is 3.15. The fourth-order valence-corrected chi connectivity index (χ4v) is 3.49. The largest absolute Gasteiger partial charge is 0.504 e. The summed E-state index contributed by atoms with van der Waals surface area (Å²) in [4.78, 5) is 14.4. The highest BCUT2D eigenvalue weighted by Gasteiger charge is 2.33. The molecule has 3 rings (SSSR count). The van der Waals surface area contributed by atoms with Gasteiger partial charge in [0.05, 0.1) is 24.3 Å². The summed E-state index contributed by atoms with van der Waals surface area (Å²) in [5.41, 5.74) is 1.23. The van der Waals surface area contributed by atoms with E-state index >= 15 is 0 Å². The van der Waals surface area contributed by atoms with Gasteiger partial charge in [0.1, 0.15) is 4.32 Å². The molecule has 0 spiro atoms. The Hall–Kier alpha value is -2.32. The van der Waals surface area contributed by atoms with Crippen molar-refractivity contribution < 1.29 is 19.2 Å². The minimum atomic E-state index is -0.235. The Morgan fingerprint density at radius 1 is 1.50 bits per heavy atom. The smallest absolute Gasteiger partial charge is 0.266 e. The van der Waals surface area contributed by atoms with Gasteiger partial charge in [0, 0.05) is 11.6 Å². The Morgan fingerprint density at radius 3 is 2.96 bits per heavy atom. The van der Waals surface area contributed by atoms with Crippen molar-refractivity contribution >= 4 is 40.3 Å². The first-order valence-corrected chi connectivity index (χ1v) is 8.25. The molecular weight excluding hydrogens is 348 g/mol. The molecule has 0 bridgehead atoms. The van der Waals surface area contributed by atoms with Crippen LogP contribution >= 0.6 is 24.0 Å². The van der Waals surface area contributed by atoms with E-state index in [0.29, 0.717) is 26.3 Å². The van der Waals surface area contributed by atoms with Crippen molar-refractivity contribution in [2.75, 3.05) is 7.11 Å². The van der Waals surface area contributed by atoms with Crippen LogP contribution < -0.4 is 4.74 Å². The van der Waals surface area contributed by atoms with Crippen LogP contribution in [0.2, 0.25) is 0 Å². The van der Waals surface area contributed by atoms with Gasteiger partial charge >= 0.3 is 0 Å². The lowest BCUT2D eigenvalue weighted by Gasteiger charge is -2.11. The number of phenolic OH excluding ortho intramolecular Hbond substituents is 1. The minimum absolute atomic E-state index is 0.0175. The number of para-hydroxylation sites is 1. The van der Waals surface area contributed by atoms with Crippen molar-refractivity contribution in [3.05, 3.63) is 46.2 Å². The first-order chi connectivity index (χ1) is 11.5. The summed E-state index contributed by atoms with van der Waals surface area (Å²) >= 11 is 6.46. The summed E-state index contributed by atoms with van der Waals surface area (Å²) in [5.74, 6) is 0.656. The Bertz CT molecular complexity index is 844. The first-order valence-electron chi connectivity index (χ1n) is 7.03. The van der Waals surface area contributed by atoms with Crippen LogP contribution in [0.3, 0.4) is 0 Å². The van der Waals surface area contributed by atoms with E-state index in [9.17, 15) is 9.90 Å². The zero-order chi connectivity index (χ0) is 17.3. The van der Waals surface area contributed by atoms with E-state index in [0.717, 1.165) is 5.69 Å². The lowest BCUT2D eigenvalue weighted by Crippen LogP contribution is -2.27. The van der Waals surface area contributed by atoms with Gasteiger partial charge in [-0.15, -0.1) is 0 Å². The second-order valence-electron chi connectivity index (χ2n) is 5.10. The van der Waals surface area contributed by atoms with E-state index in [-0.39, 0.29) is 18.2 Å². The third-order valence-electron chi connectivity index (χ3n) is 3.40. The van der Waals surface area contributed by atoms with Gasteiger partial charge in [-0.25, -0.2) is 0 Å². The molecule has 1 aromatic carbocycles. The monoisotopic (exact) mass is 362 g/mol. The van der Waals surface area contributed by atoms with E-state index in [1.165, 1.54) is 23.8 Å². The number of hydrogen-bond acceptors (Lipinski definition) is 7. The van der Waals surface area contributed by atoms with Gasteiger partial charge in [-0.3, -0.25) is 9.69 Å². The highest BCUT2D eigenvalue weighted by molar-refractivity contribution is 8.26. The number of thiocarbonyl (C=S) groups is 1. The standard InChI is InChI=1S/C16H14N2O4S2/c1-9-6-11(22-17-9)8-18-15(20)13(24-16(18)23)7-10-4-3-5-12(21-2)14(10)19/h3-7,19H,8H2,1-2H3/b13-7-. The Labute approximate surface area is 148 Å². The number of amides is 1. The average Bonchev–Trinajstić information content (AvgIpc) is 3.08. The number of carbonyl (C=O) groups is 1. The van der Waals surface area contributed by atoms with Gasteiger partial charge < -0.3 is 14.4 Å². The number of ether oxygens (including phenoxy) is 1. The SMILES string of the molecule is COc1cccc(/C=C2\SC(=S)N(Cc3cc(C)no3)C2=O)c1O. The number of hydrogen-bond donors (Lipinski definition) is 1. The first kappa shape index (κ1) is 16.5. The number of aromatic nitrogens is 1. The van der Waals surface area contributed by atoms with Gasteiger partial charge in [-0.05, 0) is 19.1 Å². The molecule has 1 aliphatic rings. The van der Waals surface area contributed by atoms with E-state index in [1.54, 1.807) is 30.3 Å². The normalized spacial score (nSPS) is 16.2. The number of methoxy groups -OCH3 is 1. The van der Waals surface area contributed by atoms with E-state index in [1.807, 2.05) is 6.92 Å². The Balaban J connectivity index is 1.86. The molecule has 6 nitrogen and oxygen atoms in total. The number of rotatable bonds is 4. The quantitative estimate of drug-likeness (QED) is 0.661. The summed E-state index contributed by atoms with van der Waals surface area (Å²) in [6.07, 6.45) is 1.60. The van der Waals surface area contributed by atoms with E-state index < -0.39 is 0 Å². The van der Waals surface area contributed by atoms with Crippen molar-refractivity contribution in [3.63, 3.8) is 0 Å². The fourth-order valence-electron chi connectivity index (χ4n) is 2.24. The highest BCUT2D eigenvalue weighted by atomic mass is 32.2. The summed E-state index contributed by atoms with van der Waals surface area (Å²) in [6, 6.07) is 6.84. The molecule has 24 heavy (non-hydrogen) atoms. The van der Waals surface area contributed by atoms with Gasteiger partial charge in [0.15, 0.2) is 17.3 Å². The van der Waals surface area contributed by atoms with Crippen molar-refractivity contribution in [3.8, 4) is 11.5 Å². The Kier molecular flexibility index (Phi) is 4.59. The molecule has 0 radical (unpaired) electrons. The van der Waals surface area contributed by atoms with Crippen LogP contribution in [0, 0.1) is 6.92 Å². The van der Waals surface area contributed by atoms with Crippen molar-refractivity contribution in [2.24, 2.45) is 0 Å². The molecule has 124 valence electrons. The van der Waals surface area contributed by atoms with Crippen LogP contribution in [-0.2, 0) is 11.3 Å². The number of nitrogens with zero attached hydrogens (tertiary/aromatic N) is 2. The number of aromatic hydroxyl groups is 1. The number of carbonyl (C=O) groups excluding carboxylic acids is 1. The van der Waals surface area contributed by atoms with E-state index in [2.05, 4.69) is 5.16 Å². The second kappa shape index (κ2) is 6.66. The molecule has 0 saturated carbocycles. The molecule has 2 aromatic rings. The molecule has 1 fully saturated rings.